The summed E-state index contributed by atoms with van der Waals surface area (Å²) in [6.07, 6.45) is 2.42. The molecular weight excluding hydrogens is 414 g/mol. The number of amides is 1. The van der Waals surface area contributed by atoms with Crippen molar-refractivity contribution >= 4 is 12.1 Å². The van der Waals surface area contributed by atoms with Crippen LogP contribution >= 0.6 is 0 Å². The van der Waals surface area contributed by atoms with Crippen molar-refractivity contribution in [3.05, 3.63) is 84.4 Å². The molecule has 2 atom stereocenters. The van der Waals surface area contributed by atoms with Gasteiger partial charge in [-0.15, -0.1) is 6.58 Å². The highest BCUT2D eigenvalue weighted by Gasteiger charge is 2.50. The number of rotatable bonds is 7. The predicted octanol–water partition coefficient (Wildman–Crippen LogP) is 6.00. The molecule has 1 aliphatic rings. The van der Waals surface area contributed by atoms with E-state index in [4.69, 9.17) is 9.47 Å². The minimum Gasteiger partial charge on any atom is -0.460 e. The maximum absolute atomic E-state index is 13.5. The Morgan fingerprint density at radius 2 is 1.55 bits per heavy atom. The zero-order valence-electron chi connectivity index (χ0n) is 20.0. The van der Waals surface area contributed by atoms with E-state index in [1.165, 1.54) is 0 Å². The van der Waals surface area contributed by atoms with Crippen molar-refractivity contribution in [2.24, 2.45) is 16.7 Å². The second kappa shape index (κ2) is 10.7. The van der Waals surface area contributed by atoms with Crippen LogP contribution in [0.15, 0.2) is 73.3 Å². The number of carbonyl (C=O) groups is 2. The van der Waals surface area contributed by atoms with E-state index in [2.05, 4.69) is 27.4 Å². The van der Waals surface area contributed by atoms with Gasteiger partial charge in [-0.2, -0.15) is 0 Å². The number of hydrogen-bond acceptors (Lipinski definition) is 4. The first-order valence-corrected chi connectivity index (χ1v) is 11.5. The highest BCUT2D eigenvalue weighted by Crippen LogP contribution is 2.44. The molecule has 2 aromatic rings. The summed E-state index contributed by atoms with van der Waals surface area (Å²) >= 11 is 0. The van der Waals surface area contributed by atoms with Gasteiger partial charge in [0.05, 0.1) is 5.41 Å². The van der Waals surface area contributed by atoms with Gasteiger partial charge >= 0.3 is 12.1 Å². The van der Waals surface area contributed by atoms with Crippen LogP contribution in [0.5, 0.6) is 0 Å². The molecule has 0 aliphatic carbocycles. The van der Waals surface area contributed by atoms with Crippen LogP contribution in [-0.2, 0) is 27.5 Å². The second-order valence-corrected chi connectivity index (χ2v) is 10.0. The first-order chi connectivity index (χ1) is 15.7. The third kappa shape index (κ3) is 6.47. The van der Waals surface area contributed by atoms with Crippen molar-refractivity contribution in [2.75, 3.05) is 13.1 Å². The van der Waals surface area contributed by atoms with Crippen LogP contribution in [0.3, 0.4) is 0 Å². The third-order valence-corrected chi connectivity index (χ3v) is 6.44. The number of nitrogens with zero attached hydrogens (tertiary/aromatic N) is 1. The SMILES string of the molecule is C=CC[C@@]1(C(=O)OCc2ccccc2)C[C@@H](C(C)(C)C)CN(C(=O)OCc2ccccc2)C1. The number of allylic oxidation sites excluding steroid dienone is 1. The number of esters is 1. The molecular formula is C28H35NO4. The van der Waals surface area contributed by atoms with Gasteiger partial charge in [-0.05, 0) is 35.3 Å². The van der Waals surface area contributed by atoms with Gasteiger partial charge in [0, 0.05) is 13.1 Å². The predicted molar refractivity (Wildman–Crippen MR) is 129 cm³/mol. The van der Waals surface area contributed by atoms with Crippen molar-refractivity contribution < 1.29 is 19.1 Å². The second-order valence-electron chi connectivity index (χ2n) is 10.0. The molecule has 1 saturated heterocycles. The summed E-state index contributed by atoms with van der Waals surface area (Å²) in [6.45, 7) is 11.5. The zero-order chi connectivity index (χ0) is 23.9. The minimum absolute atomic E-state index is 0.0927. The molecule has 0 unspecified atom stereocenters. The molecule has 176 valence electrons. The lowest BCUT2D eigenvalue weighted by molar-refractivity contribution is -0.163. The Kier molecular flexibility index (Phi) is 7.96. The smallest absolute Gasteiger partial charge is 0.410 e. The van der Waals surface area contributed by atoms with Crippen LogP contribution in [0.2, 0.25) is 0 Å². The van der Waals surface area contributed by atoms with Gasteiger partial charge in [0.15, 0.2) is 0 Å². The van der Waals surface area contributed by atoms with E-state index in [1.807, 2.05) is 60.7 Å². The summed E-state index contributed by atoms with van der Waals surface area (Å²) in [5.74, 6) is -0.180. The molecule has 0 radical (unpaired) electrons. The van der Waals surface area contributed by atoms with Crippen molar-refractivity contribution in [1.82, 2.24) is 4.90 Å². The van der Waals surface area contributed by atoms with Crippen LogP contribution in [0.25, 0.3) is 0 Å². The zero-order valence-corrected chi connectivity index (χ0v) is 20.0. The molecule has 0 bridgehead atoms. The van der Waals surface area contributed by atoms with Crippen LogP contribution < -0.4 is 0 Å². The van der Waals surface area contributed by atoms with Gasteiger partial charge in [-0.1, -0.05) is 87.5 Å². The molecule has 1 aliphatic heterocycles. The molecule has 0 aromatic heterocycles. The van der Waals surface area contributed by atoms with Crippen molar-refractivity contribution in [1.29, 1.82) is 0 Å². The lowest BCUT2D eigenvalue weighted by Gasteiger charge is -2.47. The average Bonchev–Trinajstić information content (AvgIpc) is 2.81. The van der Waals surface area contributed by atoms with Crippen LogP contribution in [0.1, 0.15) is 44.7 Å². The van der Waals surface area contributed by atoms with Crippen molar-refractivity contribution in [3.8, 4) is 0 Å². The maximum Gasteiger partial charge on any atom is 0.410 e. The highest BCUT2D eigenvalue weighted by atomic mass is 16.6. The van der Waals surface area contributed by atoms with E-state index in [0.717, 1.165) is 11.1 Å². The Bertz CT molecular complexity index is 935. The molecule has 5 heteroatoms. The molecule has 0 N–H and O–H groups in total. The molecule has 33 heavy (non-hydrogen) atoms. The van der Waals surface area contributed by atoms with E-state index in [-0.39, 0.29) is 37.1 Å². The van der Waals surface area contributed by atoms with Gasteiger partial charge in [0.2, 0.25) is 0 Å². The summed E-state index contributed by atoms with van der Waals surface area (Å²) in [5, 5.41) is 0. The lowest BCUT2D eigenvalue weighted by atomic mass is 9.66. The summed E-state index contributed by atoms with van der Waals surface area (Å²) in [5.41, 5.74) is 0.917. The van der Waals surface area contributed by atoms with Crippen LogP contribution in [-0.4, -0.2) is 30.1 Å². The van der Waals surface area contributed by atoms with Gasteiger partial charge in [0.1, 0.15) is 13.2 Å². The van der Waals surface area contributed by atoms with Gasteiger partial charge in [-0.3, -0.25) is 4.79 Å². The Hall–Kier alpha value is -3.08. The molecule has 0 saturated carbocycles. The number of likely N-dealkylation sites (tertiary alicyclic amines) is 1. The molecule has 2 aromatic carbocycles. The number of piperidine rings is 1. The average molecular weight is 450 g/mol. The van der Waals surface area contributed by atoms with Crippen LogP contribution in [0, 0.1) is 16.7 Å². The van der Waals surface area contributed by atoms with Crippen molar-refractivity contribution in [2.45, 2.75) is 46.8 Å². The van der Waals surface area contributed by atoms with Gasteiger partial charge in [-0.25, -0.2) is 4.79 Å². The molecule has 5 nitrogen and oxygen atoms in total. The number of ether oxygens (including phenoxy) is 2. The monoisotopic (exact) mass is 449 g/mol. The van der Waals surface area contributed by atoms with E-state index in [9.17, 15) is 9.59 Å². The fourth-order valence-corrected chi connectivity index (χ4v) is 4.36. The Morgan fingerprint density at radius 1 is 1.00 bits per heavy atom. The third-order valence-electron chi connectivity index (χ3n) is 6.44. The normalized spacial score (nSPS) is 20.7. The number of hydrogen-bond donors (Lipinski definition) is 0. The standard InChI is InChI=1S/C28H35NO4/c1-5-16-28(25(30)32-19-22-12-8-6-9-13-22)17-24(27(2,3)4)18-29(21-28)26(31)33-20-23-14-10-7-11-15-23/h5-15,24H,1,16-21H2,2-4H3/t24-,28-/m1/s1. The van der Waals surface area contributed by atoms with E-state index in [0.29, 0.717) is 19.4 Å². The van der Waals surface area contributed by atoms with Crippen molar-refractivity contribution in [3.63, 3.8) is 0 Å². The van der Waals surface area contributed by atoms with Crippen LogP contribution in [0.4, 0.5) is 4.79 Å². The summed E-state index contributed by atoms with van der Waals surface area (Å²) in [7, 11) is 0. The quantitative estimate of drug-likeness (QED) is 0.384. The summed E-state index contributed by atoms with van der Waals surface area (Å²) < 4.78 is 11.4. The molecule has 0 spiro atoms. The lowest BCUT2D eigenvalue weighted by Crippen LogP contribution is -2.55. The Balaban J connectivity index is 1.78. The Labute approximate surface area is 197 Å². The molecule has 1 fully saturated rings. The first kappa shape index (κ1) is 24.6. The first-order valence-electron chi connectivity index (χ1n) is 11.5. The van der Waals surface area contributed by atoms with E-state index in [1.54, 1.807) is 11.0 Å². The fourth-order valence-electron chi connectivity index (χ4n) is 4.36. The fraction of sp³-hybridized carbons (Fsp3) is 0.429. The van der Waals surface area contributed by atoms with E-state index >= 15 is 0 Å². The largest absolute Gasteiger partial charge is 0.460 e. The molecule has 3 rings (SSSR count). The Morgan fingerprint density at radius 3 is 2.06 bits per heavy atom. The number of carbonyl (C=O) groups excluding carboxylic acids is 2. The van der Waals surface area contributed by atoms with Gasteiger partial charge in [0.25, 0.3) is 0 Å². The maximum atomic E-state index is 13.5. The highest BCUT2D eigenvalue weighted by molar-refractivity contribution is 5.79. The van der Waals surface area contributed by atoms with Gasteiger partial charge < -0.3 is 14.4 Å². The topological polar surface area (TPSA) is 55.8 Å². The number of benzene rings is 2. The molecule has 1 amide bonds. The summed E-state index contributed by atoms with van der Waals surface area (Å²) in [6, 6.07) is 19.2. The minimum atomic E-state index is -0.849. The summed E-state index contributed by atoms with van der Waals surface area (Å²) in [4.78, 5) is 28.2. The van der Waals surface area contributed by atoms with E-state index < -0.39 is 11.5 Å². The molecule has 1 heterocycles.